The highest BCUT2D eigenvalue weighted by Gasteiger charge is 2.78. The monoisotopic (exact) mass is 602 g/mol. The summed E-state index contributed by atoms with van der Waals surface area (Å²) in [6, 6.07) is 4.01. The highest BCUT2D eigenvalue weighted by Crippen LogP contribution is 2.72. The van der Waals surface area contributed by atoms with E-state index in [1.54, 1.807) is 33.7 Å². The summed E-state index contributed by atoms with van der Waals surface area (Å²) in [5.41, 5.74) is 1.41. The lowest BCUT2D eigenvalue weighted by atomic mass is 9.66. The average Bonchev–Trinajstić information content (AvgIpc) is 3.48. The van der Waals surface area contributed by atoms with Crippen molar-refractivity contribution in [3.63, 3.8) is 0 Å². The molecule has 3 saturated heterocycles. The molecule has 3 aliphatic rings. The van der Waals surface area contributed by atoms with Gasteiger partial charge in [0.1, 0.15) is 6.04 Å². The first-order valence-electron chi connectivity index (χ1n) is 14.6. The molecule has 1 aromatic rings. The van der Waals surface area contributed by atoms with Gasteiger partial charge in [-0.15, -0.1) is 24.9 Å². The zero-order valence-electron chi connectivity index (χ0n) is 24.6. The Morgan fingerprint density at radius 3 is 2.61 bits per heavy atom. The van der Waals surface area contributed by atoms with Gasteiger partial charge in [-0.05, 0) is 63.5 Å². The van der Waals surface area contributed by atoms with Crippen molar-refractivity contribution >= 4 is 46.8 Å². The van der Waals surface area contributed by atoms with Crippen LogP contribution in [0, 0.1) is 24.7 Å². The number of rotatable bonds is 13. The molecular weight excluding hydrogens is 560 g/mol. The second-order valence-corrected chi connectivity index (χ2v) is 14.4. The number of hydrogen-bond donors (Lipinski definition) is 1. The van der Waals surface area contributed by atoms with Crippen LogP contribution in [0.2, 0.25) is 5.02 Å². The Bertz CT molecular complexity index is 1190. The topological polar surface area (TPSA) is 87.1 Å². The molecule has 4 rings (SSSR count). The van der Waals surface area contributed by atoms with Gasteiger partial charge >= 0.3 is 5.97 Å². The molecule has 41 heavy (non-hydrogen) atoms. The summed E-state index contributed by atoms with van der Waals surface area (Å²) in [5.74, 6) is -2.40. The number of aliphatic hydroxyl groups excluding tert-OH is 1. The van der Waals surface area contributed by atoms with Crippen LogP contribution in [0.4, 0.5) is 5.69 Å². The molecule has 0 aliphatic carbocycles. The standard InChI is InChI=1S/C32H43ClN2O5S/c1-7-9-10-11-18-40-30(39)25-24-28(37)35(23(19-36)20(3)4)27(32(24)16-15-31(25,6)41-32)29(38)34(17-8-2)26-21(5)13-12-14-22(26)33/h7-8,12-14,20,23-25,27,36H,1-2,9-11,15-19H2,3-6H3/t23-,24-,25+,27?,31-,32?/m0/s1. The van der Waals surface area contributed by atoms with Gasteiger partial charge in [-0.25, -0.2) is 0 Å². The molecule has 7 nitrogen and oxygen atoms in total. The molecule has 1 N–H and O–H groups in total. The van der Waals surface area contributed by atoms with Crippen LogP contribution in [-0.4, -0.2) is 69.1 Å². The van der Waals surface area contributed by atoms with Crippen LogP contribution in [0.25, 0.3) is 0 Å². The molecule has 224 valence electrons. The second-order valence-electron chi connectivity index (χ2n) is 12.1. The van der Waals surface area contributed by atoms with Crippen molar-refractivity contribution in [2.45, 2.75) is 81.4 Å². The molecule has 1 spiro atoms. The van der Waals surface area contributed by atoms with Gasteiger partial charge in [0.05, 0.1) is 46.5 Å². The summed E-state index contributed by atoms with van der Waals surface area (Å²) in [7, 11) is 0. The minimum Gasteiger partial charge on any atom is -0.465 e. The number of nitrogens with zero attached hydrogens (tertiary/aromatic N) is 2. The summed E-state index contributed by atoms with van der Waals surface area (Å²) < 4.78 is 4.41. The average molecular weight is 603 g/mol. The van der Waals surface area contributed by atoms with Gasteiger partial charge in [-0.3, -0.25) is 14.4 Å². The van der Waals surface area contributed by atoms with E-state index >= 15 is 0 Å². The number of para-hydroxylation sites is 1. The molecule has 3 heterocycles. The Balaban J connectivity index is 1.79. The van der Waals surface area contributed by atoms with E-state index < -0.39 is 33.4 Å². The largest absolute Gasteiger partial charge is 0.465 e. The van der Waals surface area contributed by atoms with Gasteiger partial charge in [0.15, 0.2) is 0 Å². The number of allylic oxidation sites excluding steroid dienone is 1. The molecule has 0 saturated carbocycles. The fourth-order valence-electron chi connectivity index (χ4n) is 7.16. The molecule has 3 fully saturated rings. The Morgan fingerprint density at radius 1 is 1.27 bits per heavy atom. The zero-order valence-corrected chi connectivity index (χ0v) is 26.2. The summed E-state index contributed by atoms with van der Waals surface area (Å²) >= 11 is 8.24. The van der Waals surface area contributed by atoms with Crippen LogP contribution in [0.3, 0.4) is 0 Å². The highest BCUT2D eigenvalue weighted by molar-refractivity contribution is 8.02. The Kier molecular flexibility index (Phi) is 9.66. The normalized spacial score (nSPS) is 29.0. The van der Waals surface area contributed by atoms with Crippen molar-refractivity contribution < 1.29 is 24.2 Å². The van der Waals surface area contributed by atoms with E-state index in [0.29, 0.717) is 23.6 Å². The zero-order chi connectivity index (χ0) is 30.1. The third-order valence-electron chi connectivity index (χ3n) is 9.10. The predicted octanol–water partition coefficient (Wildman–Crippen LogP) is 5.57. The van der Waals surface area contributed by atoms with Crippen LogP contribution >= 0.6 is 23.4 Å². The molecule has 2 unspecified atom stereocenters. The van der Waals surface area contributed by atoms with Crippen LogP contribution in [0.5, 0.6) is 0 Å². The molecule has 6 atom stereocenters. The first-order chi connectivity index (χ1) is 19.5. The highest BCUT2D eigenvalue weighted by atomic mass is 35.5. The number of hydrogen-bond acceptors (Lipinski definition) is 6. The van der Waals surface area contributed by atoms with Crippen molar-refractivity contribution in [1.82, 2.24) is 4.90 Å². The maximum atomic E-state index is 14.8. The number of carbonyl (C=O) groups excluding carboxylic acids is 3. The lowest BCUT2D eigenvalue weighted by Gasteiger charge is -2.41. The van der Waals surface area contributed by atoms with Crippen LogP contribution in [0.15, 0.2) is 43.5 Å². The molecule has 1 aromatic carbocycles. The predicted molar refractivity (Wildman–Crippen MR) is 165 cm³/mol. The minimum atomic E-state index is -0.882. The third kappa shape index (κ3) is 5.36. The number of aryl methyl sites for hydroxylation is 1. The van der Waals surface area contributed by atoms with E-state index in [1.807, 2.05) is 45.9 Å². The number of anilines is 1. The molecule has 3 aliphatic heterocycles. The molecule has 9 heteroatoms. The lowest BCUT2D eigenvalue weighted by Crippen LogP contribution is -2.58. The van der Waals surface area contributed by atoms with E-state index in [4.69, 9.17) is 16.3 Å². The van der Waals surface area contributed by atoms with Gasteiger partial charge in [0.2, 0.25) is 5.91 Å². The number of halogens is 1. The summed E-state index contributed by atoms with van der Waals surface area (Å²) in [4.78, 5) is 46.2. The van der Waals surface area contributed by atoms with Crippen LogP contribution in [0.1, 0.15) is 58.4 Å². The number of likely N-dealkylation sites (tertiary alicyclic amines) is 1. The number of carbonyl (C=O) groups is 3. The Labute approximate surface area is 253 Å². The van der Waals surface area contributed by atoms with E-state index in [0.717, 1.165) is 24.8 Å². The smallest absolute Gasteiger partial charge is 0.311 e. The SMILES string of the molecule is C=CCCCCOC(=O)[C@H]1[C@H]2C(=O)N([C@@H](CO)C(C)C)C(C(=O)N(CC=C)c3c(C)cccc3Cl)C23CC[C@]1(C)S3. The van der Waals surface area contributed by atoms with E-state index in [9.17, 15) is 19.5 Å². The van der Waals surface area contributed by atoms with Gasteiger partial charge in [-0.2, -0.15) is 0 Å². The van der Waals surface area contributed by atoms with E-state index in [1.165, 1.54) is 0 Å². The molecule has 0 radical (unpaired) electrons. The number of ether oxygens (including phenoxy) is 1. The van der Waals surface area contributed by atoms with Crippen molar-refractivity contribution in [1.29, 1.82) is 0 Å². The number of esters is 1. The molecular formula is C32H43ClN2O5S. The number of unbranched alkanes of at least 4 members (excludes halogenated alkanes) is 2. The van der Waals surface area contributed by atoms with Gasteiger partial charge < -0.3 is 19.6 Å². The van der Waals surface area contributed by atoms with Crippen molar-refractivity contribution in [3.8, 4) is 0 Å². The fraction of sp³-hybridized carbons (Fsp3) is 0.594. The minimum absolute atomic E-state index is 0.113. The molecule has 2 amide bonds. The lowest BCUT2D eigenvalue weighted by molar-refractivity contribution is -0.156. The Morgan fingerprint density at radius 2 is 2.00 bits per heavy atom. The molecule has 0 aromatic heterocycles. The summed E-state index contributed by atoms with van der Waals surface area (Å²) in [6.45, 7) is 15.6. The van der Waals surface area contributed by atoms with Crippen molar-refractivity contribution in [2.24, 2.45) is 17.8 Å². The number of fused-ring (bicyclic) bond motifs is 1. The fourth-order valence-corrected chi connectivity index (χ4v) is 9.81. The maximum absolute atomic E-state index is 14.8. The van der Waals surface area contributed by atoms with Gasteiger partial charge in [0, 0.05) is 11.3 Å². The number of aliphatic hydroxyl groups is 1. The first kappa shape index (κ1) is 31.6. The van der Waals surface area contributed by atoms with Gasteiger partial charge in [0.25, 0.3) is 5.91 Å². The molecule has 2 bridgehead atoms. The van der Waals surface area contributed by atoms with E-state index in [-0.39, 0.29) is 43.5 Å². The number of benzene rings is 1. The summed E-state index contributed by atoms with van der Waals surface area (Å²) in [6.07, 6.45) is 7.23. The van der Waals surface area contributed by atoms with Gasteiger partial charge in [-0.1, -0.05) is 49.7 Å². The Hall–Kier alpha value is -2.29. The first-order valence-corrected chi connectivity index (χ1v) is 15.8. The third-order valence-corrected chi connectivity index (χ3v) is 11.4. The van der Waals surface area contributed by atoms with Crippen LogP contribution in [-0.2, 0) is 19.1 Å². The maximum Gasteiger partial charge on any atom is 0.311 e. The van der Waals surface area contributed by atoms with E-state index in [2.05, 4.69) is 13.2 Å². The van der Waals surface area contributed by atoms with Crippen molar-refractivity contribution in [3.05, 3.63) is 54.1 Å². The number of thioether (sulfide) groups is 1. The summed E-state index contributed by atoms with van der Waals surface area (Å²) in [5, 5.41) is 10.9. The van der Waals surface area contributed by atoms with Crippen LogP contribution < -0.4 is 4.90 Å². The number of amides is 2. The second kappa shape index (κ2) is 12.5. The quantitative estimate of drug-likeness (QED) is 0.181. The van der Waals surface area contributed by atoms with Crippen molar-refractivity contribution in [2.75, 3.05) is 24.7 Å².